The monoisotopic (exact) mass is 284 g/mol. The number of nitrogens with zero attached hydrogens (tertiary/aromatic N) is 2. The van der Waals surface area contributed by atoms with E-state index in [1.165, 1.54) is 3.93 Å². The summed E-state index contributed by atoms with van der Waals surface area (Å²) in [6.07, 6.45) is 0. The lowest BCUT2D eigenvalue weighted by molar-refractivity contribution is -0.129. The minimum Gasteiger partial charge on any atom is -0.273 e. The molecular weight excluding hydrogens is 280 g/mol. The molecule has 11 heavy (non-hydrogen) atoms. The molecule has 1 rings (SSSR count). The molecule has 0 spiro atoms. The molecule has 1 heterocycles. The van der Waals surface area contributed by atoms with Crippen LogP contribution in [0, 0.1) is 5.92 Å². The maximum Gasteiger partial charge on any atom is 0.347 e. The van der Waals surface area contributed by atoms with Crippen LogP contribution in [0.3, 0.4) is 0 Å². The second kappa shape index (κ2) is 3.10. The Hall–Kier alpha value is -0.100. The third-order valence-corrected chi connectivity index (χ3v) is 2.67. The highest BCUT2D eigenvalue weighted by Gasteiger charge is 2.34. The molecule has 1 atom stereocenters. The lowest BCUT2D eigenvalue weighted by Gasteiger charge is -2.29. The van der Waals surface area contributed by atoms with E-state index in [1.54, 1.807) is 6.92 Å². The van der Waals surface area contributed by atoms with Crippen molar-refractivity contribution < 1.29 is 9.59 Å². The summed E-state index contributed by atoms with van der Waals surface area (Å²) in [5.41, 5.74) is 0. The SMILES string of the molecule is C[C@@H]1CN(Br)C(=O)N(Br)C1=O. The van der Waals surface area contributed by atoms with E-state index in [2.05, 4.69) is 32.3 Å². The summed E-state index contributed by atoms with van der Waals surface area (Å²) in [7, 11) is 0. The van der Waals surface area contributed by atoms with Gasteiger partial charge >= 0.3 is 6.03 Å². The van der Waals surface area contributed by atoms with Crippen LogP contribution in [0.4, 0.5) is 4.79 Å². The number of carbonyl (C=O) groups is 2. The average molecular weight is 286 g/mol. The Kier molecular flexibility index (Phi) is 2.54. The number of urea groups is 1. The molecule has 4 nitrogen and oxygen atoms in total. The average Bonchev–Trinajstić information content (AvgIpc) is 1.97. The van der Waals surface area contributed by atoms with Gasteiger partial charge in [-0.3, -0.25) is 8.72 Å². The van der Waals surface area contributed by atoms with Crippen molar-refractivity contribution in [2.24, 2.45) is 5.92 Å². The fourth-order valence-corrected chi connectivity index (χ4v) is 2.13. The van der Waals surface area contributed by atoms with Crippen LogP contribution in [-0.4, -0.2) is 26.3 Å². The van der Waals surface area contributed by atoms with Crippen LogP contribution in [0.5, 0.6) is 0 Å². The lowest BCUT2D eigenvalue weighted by atomic mass is 10.1. The largest absolute Gasteiger partial charge is 0.347 e. The van der Waals surface area contributed by atoms with E-state index in [0.29, 0.717) is 6.54 Å². The highest BCUT2D eigenvalue weighted by molar-refractivity contribution is 9.08. The number of imide groups is 1. The van der Waals surface area contributed by atoms with Crippen molar-refractivity contribution in [3.05, 3.63) is 0 Å². The molecule has 0 aliphatic carbocycles. The number of hydrogen-bond donors (Lipinski definition) is 0. The summed E-state index contributed by atoms with van der Waals surface area (Å²) in [5, 5.41) is 0. The fourth-order valence-electron chi connectivity index (χ4n) is 0.780. The van der Waals surface area contributed by atoms with Crippen molar-refractivity contribution >= 4 is 44.2 Å². The number of carbonyl (C=O) groups excluding carboxylic acids is 2. The highest BCUT2D eigenvalue weighted by Crippen LogP contribution is 2.20. The van der Waals surface area contributed by atoms with E-state index < -0.39 is 0 Å². The van der Waals surface area contributed by atoms with Gasteiger partial charge in [0, 0.05) is 6.54 Å². The van der Waals surface area contributed by atoms with Crippen molar-refractivity contribution in [3.8, 4) is 0 Å². The zero-order valence-corrected chi connectivity index (χ0v) is 8.92. The molecule has 0 aromatic heterocycles. The van der Waals surface area contributed by atoms with Crippen LogP contribution in [0.2, 0.25) is 0 Å². The predicted octanol–water partition coefficient (Wildman–Crippen LogP) is 1.51. The first-order valence-corrected chi connectivity index (χ1v) is 4.43. The summed E-state index contributed by atoms with van der Waals surface area (Å²) < 4.78 is 2.24. The Bertz CT molecular complexity index is 189. The third-order valence-electron chi connectivity index (χ3n) is 1.42. The smallest absolute Gasteiger partial charge is 0.273 e. The zero-order valence-electron chi connectivity index (χ0n) is 5.75. The van der Waals surface area contributed by atoms with Crippen molar-refractivity contribution in [3.63, 3.8) is 0 Å². The molecule has 0 radical (unpaired) electrons. The molecule has 1 fully saturated rings. The Morgan fingerprint density at radius 2 is 2.00 bits per heavy atom. The molecular formula is C5H6Br2N2O2. The maximum atomic E-state index is 11.1. The Balaban J connectivity index is 2.79. The minimum atomic E-state index is -0.381. The van der Waals surface area contributed by atoms with Gasteiger partial charge in [-0.25, -0.2) is 4.79 Å². The summed E-state index contributed by atoms with van der Waals surface area (Å²) in [6.45, 7) is 2.18. The fraction of sp³-hybridized carbons (Fsp3) is 0.600. The van der Waals surface area contributed by atoms with Gasteiger partial charge in [0.1, 0.15) is 0 Å². The third kappa shape index (κ3) is 1.56. The molecule has 1 aliphatic heterocycles. The van der Waals surface area contributed by atoms with Gasteiger partial charge in [-0.1, -0.05) is 6.92 Å². The molecule has 0 unspecified atom stereocenters. The van der Waals surface area contributed by atoms with Gasteiger partial charge in [-0.15, -0.1) is 0 Å². The minimum absolute atomic E-state index is 0.161. The van der Waals surface area contributed by atoms with Gasteiger partial charge in [-0.2, -0.15) is 3.93 Å². The molecule has 1 aliphatic rings. The van der Waals surface area contributed by atoms with E-state index in [-0.39, 0.29) is 17.9 Å². The Morgan fingerprint density at radius 1 is 1.45 bits per heavy atom. The number of rotatable bonds is 0. The van der Waals surface area contributed by atoms with Gasteiger partial charge in [0.2, 0.25) is 5.91 Å². The molecule has 0 N–H and O–H groups in total. The van der Waals surface area contributed by atoms with Crippen LogP contribution >= 0.6 is 32.3 Å². The van der Waals surface area contributed by atoms with Crippen LogP contribution in [0.15, 0.2) is 0 Å². The van der Waals surface area contributed by atoms with Crippen LogP contribution in [0.1, 0.15) is 6.92 Å². The highest BCUT2D eigenvalue weighted by atomic mass is 79.9. The summed E-state index contributed by atoms with van der Waals surface area (Å²) in [6, 6.07) is -0.381. The summed E-state index contributed by atoms with van der Waals surface area (Å²) >= 11 is 5.88. The van der Waals surface area contributed by atoms with Crippen molar-refractivity contribution in [2.75, 3.05) is 6.54 Å². The van der Waals surface area contributed by atoms with Gasteiger partial charge in [0.05, 0.1) is 38.2 Å². The number of amides is 3. The topological polar surface area (TPSA) is 40.6 Å². The lowest BCUT2D eigenvalue weighted by Crippen LogP contribution is -2.47. The summed E-state index contributed by atoms with van der Waals surface area (Å²) in [5.74, 6) is -0.364. The van der Waals surface area contributed by atoms with Gasteiger partial charge < -0.3 is 0 Å². The van der Waals surface area contributed by atoms with Gasteiger partial charge in [-0.05, 0) is 0 Å². The zero-order chi connectivity index (χ0) is 8.59. The van der Waals surface area contributed by atoms with Gasteiger partial charge in [0.25, 0.3) is 0 Å². The van der Waals surface area contributed by atoms with Crippen LogP contribution < -0.4 is 0 Å². The molecule has 6 heteroatoms. The van der Waals surface area contributed by atoms with E-state index in [9.17, 15) is 9.59 Å². The second-order valence-electron chi connectivity index (χ2n) is 2.35. The summed E-state index contributed by atoms with van der Waals surface area (Å²) in [4.78, 5) is 22.1. The first-order chi connectivity index (χ1) is 5.04. The van der Waals surface area contributed by atoms with E-state index in [4.69, 9.17) is 0 Å². The Morgan fingerprint density at radius 3 is 2.55 bits per heavy atom. The van der Waals surface area contributed by atoms with Crippen molar-refractivity contribution in [1.29, 1.82) is 0 Å². The number of halogens is 2. The first kappa shape index (κ1) is 8.99. The molecule has 0 bridgehead atoms. The quantitative estimate of drug-likeness (QED) is 0.633. The standard InChI is InChI=1S/C5H6Br2N2O2/c1-3-2-8(6)5(11)9(7)4(3)10/h3H,2H2,1H3/t3-/m1/s1. The van der Waals surface area contributed by atoms with Crippen LogP contribution in [0.25, 0.3) is 0 Å². The number of hydrogen-bond acceptors (Lipinski definition) is 2. The molecule has 0 aromatic carbocycles. The maximum absolute atomic E-state index is 11.1. The molecule has 62 valence electrons. The molecule has 1 saturated heterocycles. The molecule has 0 aromatic rings. The van der Waals surface area contributed by atoms with Crippen LogP contribution in [-0.2, 0) is 4.79 Å². The Labute approximate surface area is 81.2 Å². The first-order valence-electron chi connectivity index (χ1n) is 3.01. The van der Waals surface area contributed by atoms with Crippen molar-refractivity contribution in [1.82, 2.24) is 7.85 Å². The predicted molar refractivity (Wildman–Crippen MR) is 46.0 cm³/mol. The van der Waals surface area contributed by atoms with E-state index in [0.717, 1.165) is 3.93 Å². The molecule has 0 saturated carbocycles. The second-order valence-corrected chi connectivity index (χ2v) is 3.91. The van der Waals surface area contributed by atoms with E-state index in [1.807, 2.05) is 0 Å². The van der Waals surface area contributed by atoms with E-state index >= 15 is 0 Å². The normalized spacial score (nSPS) is 26.3. The molecule has 3 amide bonds. The van der Waals surface area contributed by atoms with Gasteiger partial charge in [0.15, 0.2) is 0 Å². The van der Waals surface area contributed by atoms with Crippen molar-refractivity contribution in [2.45, 2.75) is 6.92 Å².